The van der Waals surface area contributed by atoms with Gasteiger partial charge in [-0.3, -0.25) is 0 Å². The molecule has 0 aliphatic carbocycles. The van der Waals surface area contributed by atoms with Crippen molar-refractivity contribution < 1.29 is 17.2 Å². The quantitative estimate of drug-likeness (QED) is 0.801. The zero-order valence-electron chi connectivity index (χ0n) is 8.53. The van der Waals surface area contributed by atoms with Gasteiger partial charge in [0.2, 0.25) is 9.84 Å². The van der Waals surface area contributed by atoms with Crippen LogP contribution < -0.4 is 0 Å². The van der Waals surface area contributed by atoms with E-state index >= 15 is 0 Å². The molecule has 1 unspecified atom stereocenters. The normalized spacial score (nSPS) is 14.1. The lowest BCUT2D eigenvalue weighted by Crippen LogP contribution is -2.11. The molecule has 1 aromatic rings. The number of sulfone groups is 1. The standard InChI is InChI=1S/C10H11BrF2O2S/c1-7(11)6-8-2-4-9(5-3-8)16(14,15)10(12)13/h2-5,7,10H,6H2,1H3. The van der Waals surface area contributed by atoms with Crippen molar-refractivity contribution in [3.05, 3.63) is 29.8 Å². The molecule has 0 radical (unpaired) electrons. The Hall–Kier alpha value is -0.490. The Morgan fingerprint density at radius 2 is 1.75 bits per heavy atom. The smallest absolute Gasteiger partial charge is 0.218 e. The number of halogens is 3. The van der Waals surface area contributed by atoms with E-state index in [4.69, 9.17) is 0 Å². The Bertz CT molecular complexity index is 440. The van der Waals surface area contributed by atoms with Gasteiger partial charge in [-0.1, -0.05) is 35.0 Å². The maximum absolute atomic E-state index is 12.2. The second-order valence-corrected chi connectivity index (χ2v) is 6.92. The predicted molar refractivity (Wildman–Crippen MR) is 61.7 cm³/mol. The third-order valence-electron chi connectivity index (χ3n) is 2.00. The topological polar surface area (TPSA) is 34.1 Å². The van der Waals surface area contributed by atoms with Gasteiger partial charge >= 0.3 is 5.76 Å². The van der Waals surface area contributed by atoms with Gasteiger partial charge in [0.1, 0.15) is 0 Å². The lowest BCUT2D eigenvalue weighted by Gasteiger charge is -2.06. The molecule has 0 aliphatic rings. The van der Waals surface area contributed by atoms with Crippen molar-refractivity contribution >= 4 is 25.8 Å². The second-order valence-electron chi connectivity index (χ2n) is 3.43. The summed E-state index contributed by atoms with van der Waals surface area (Å²) in [6, 6.07) is 5.53. The number of alkyl halides is 3. The molecule has 0 spiro atoms. The van der Waals surface area contributed by atoms with Gasteiger partial charge in [0.15, 0.2) is 0 Å². The van der Waals surface area contributed by atoms with Crippen LogP contribution in [0.1, 0.15) is 12.5 Å². The fraction of sp³-hybridized carbons (Fsp3) is 0.400. The SMILES string of the molecule is CC(Br)Cc1ccc(S(=O)(=O)C(F)F)cc1. The van der Waals surface area contributed by atoms with Crippen LogP contribution in [0, 0.1) is 0 Å². The maximum atomic E-state index is 12.2. The molecule has 16 heavy (non-hydrogen) atoms. The average molecular weight is 313 g/mol. The van der Waals surface area contributed by atoms with Crippen LogP contribution in [-0.2, 0) is 16.3 Å². The fourth-order valence-corrected chi connectivity index (χ4v) is 2.34. The molecule has 0 aromatic heterocycles. The zero-order chi connectivity index (χ0) is 12.3. The van der Waals surface area contributed by atoms with E-state index in [-0.39, 0.29) is 9.72 Å². The number of hydrogen-bond donors (Lipinski definition) is 0. The highest BCUT2D eigenvalue weighted by Crippen LogP contribution is 2.19. The molecule has 1 rings (SSSR count). The molecule has 0 N–H and O–H groups in total. The van der Waals surface area contributed by atoms with Crippen LogP contribution in [0.3, 0.4) is 0 Å². The zero-order valence-corrected chi connectivity index (χ0v) is 10.9. The van der Waals surface area contributed by atoms with E-state index < -0.39 is 15.6 Å². The molecule has 0 bridgehead atoms. The molecule has 0 fully saturated rings. The monoisotopic (exact) mass is 312 g/mol. The summed E-state index contributed by atoms with van der Waals surface area (Å²) >= 11 is 3.35. The fourth-order valence-electron chi connectivity index (χ4n) is 1.24. The minimum atomic E-state index is -4.47. The van der Waals surface area contributed by atoms with Gasteiger partial charge < -0.3 is 0 Å². The van der Waals surface area contributed by atoms with Crippen molar-refractivity contribution in [2.45, 2.75) is 28.8 Å². The molecule has 0 aliphatic heterocycles. The van der Waals surface area contributed by atoms with Crippen molar-refractivity contribution in [3.8, 4) is 0 Å². The summed E-state index contributed by atoms with van der Waals surface area (Å²) in [6.45, 7) is 1.95. The largest absolute Gasteiger partial charge is 0.341 e. The van der Waals surface area contributed by atoms with Crippen molar-refractivity contribution in [1.29, 1.82) is 0 Å². The molecular formula is C10H11BrF2O2S. The van der Waals surface area contributed by atoms with E-state index in [0.29, 0.717) is 0 Å². The first-order chi connectivity index (χ1) is 7.34. The number of rotatable bonds is 4. The lowest BCUT2D eigenvalue weighted by molar-refractivity contribution is 0.234. The summed E-state index contributed by atoms with van der Waals surface area (Å²) in [6.07, 6.45) is 0.717. The van der Waals surface area contributed by atoms with E-state index in [0.717, 1.165) is 12.0 Å². The highest BCUT2D eigenvalue weighted by atomic mass is 79.9. The van der Waals surface area contributed by atoms with E-state index in [2.05, 4.69) is 15.9 Å². The first kappa shape index (κ1) is 13.6. The first-order valence-electron chi connectivity index (χ1n) is 4.59. The molecule has 0 saturated heterocycles. The Morgan fingerprint density at radius 3 is 2.12 bits per heavy atom. The molecule has 0 heterocycles. The van der Waals surface area contributed by atoms with Gasteiger partial charge in [-0.2, -0.15) is 8.78 Å². The van der Waals surface area contributed by atoms with Crippen LogP contribution in [0.15, 0.2) is 29.2 Å². The van der Waals surface area contributed by atoms with E-state index in [1.807, 2.05) is 6.92 Å². The third-order valence-corrected chi connectivity index (χ3v) is 3.73. The van der Waals surface area contributed by atoms with Crippen molar-refractivity contribution in [2.24, 2.45) is 0 Å². The summed E-state index contributed by atoms with van der Waals surface area (Å²) in [5.41, 5.74) is 0.901. The van der Waals surface area contributed by atoms with Gasteiger partial charge in [0.05, 0.1) is 4.90 Å². The molecule has 0 amide bonds. The van der Waals surface area contributed by atoms with E-state index in [1.165, 1.54) is 12.1 Å². The summed E-state index contributed by atoms with van der Waals surface area (Å²) in [5, 5.41) is 0. The van der Waals surface area contributed by atoms with Crippen molar-refractivity contribution in [1.82, 2.24) is 0 Å². The predicted octanol–water partition coefficient (Wildman–Crippen LogP) is 3.01. The van der Waals surface area contributed by atoms with Crippen LogP contribution in [-0.4, -0.2) is 19.0 Å². The average Bonchev–Trinajstić information content (AvgIpc) is 2.17. The lowest BCUT2D eigenvalue weighted by atomic mass is 10.1. The minimum Gasteiger partial charge on any atom is -0.218 e. The highest BCUT2D eigenvalue weighted by molar-refractivity contribution is 9.09. The van der Waals surface area contributed by atoms with Crippen molar-refractivity contribution in [2.75, 3.05) is 0 Å². The first-order valence-corrected chi connectivity index (χ1v) is 7.05. The molecule has 1 atom stereocenters. The Kier molecular flexibility index (Phi) is 4.43. The molecule has 0 saturated carbocycles. The van der Waals surface area contributed by atoms with Gasteiger partial charge in [0.25, 0.3) is 0 Å². The van der Waals surface area contributed by atoms with E-state index in [1.54, 1.807) is 12.1 Å². The second kappa shape index (κ2) is 5.23. The van der Waals surface area contributed by atoms with Crippen LogP contribution in [0.2, 0.25) is 0 Å². The molecule has 6 heteroatoms. The highest BCUT2D eigenvalue weighted by Gasteiger charge is 2.26. The summed E-state index contributed by atoms with van der Waals surface area (Å²) in [5.74, 6) is -3.37. The van der Waals surface area contributed by atoms with Gasteiger partial charge in [-0.15, -0.1) is 0 Å². The summed E-state index contributed by atoms with van der Waals surface area (Å²) in [4.78, 5) is -0.0847. The Morgan fingerprint density at radius 1 is 1.25 bits per heavy atom. The Labute approximate surface area is 102 Å². The van der Waals surface area contributed by atoms with Crippen LogP contribution in [0.5, 0.6) is 0 Å². The Balaban J connectivity index is 2.96. The summed E-state index contributed by atoms with van der Waals surface area (Å²) < 4.78 is 46.6. The van der Waals surface area contributed by atoms with E-state index in [9.17, 15) is 17.2 Å². The molecule has 90 valence electrons. The van der Waals surface area contributed by atoms with Crippen LogP contribution in [0.25, 0.3) is 0 Å². The maximum Gasteiger partial charge on any atom is 0.341 e. The van der Waals surface area contributed by atoms with Gasteiger partial charge in [-0.05, 0) is 24.1 Å². The number of benzene rings is 1. The van der Waals surface area contributed by atoms with Crippen LogP contribution >= 0.6 is 15.9 Å². The molecule has 1 aromatic carbocycles. The van der Waals surface area contributed by atoms with Gasteiger partial charge in [-0.25, -0.2) is 8.42 Å². The summed E-state index contributed by atoms with van der Waals surface area (Å²) in [7, 11) is -4.47. The minimum absolute atomic E-state index is 0.255. The van der Waals surface area contributed by atoms with Crippen LogP contribution in [0.4, 0.5) is 8.78 Å². The molecule has 2 nitrogen and oxygen atoms in total. The third kappa shape index (κ3) is 3.25. The molecular weight excluding hydrogens is 302 g/mol. The van der Waals surface area contributed by atoms with Gasteiger partial charge in [0, 0.05) is 4.83 Å². The number of hydrogen-bond acceptors (Lipinski definition) is 2. The van der Waals surface area contributed by atoms with Crippen molar-refractivity contribution in [3.63, 3.8) is 0 Å².